The summed E-state index contributed by atoms with van der Waals surface area (Å²) in [5, 5.41) is 33.0. The Balaban J connectivity index is 0.000000229. The lowest BCUT2D eigenvalue weighted by Gasteiger charge is -2.22. The molecule has 520 valence electrons. The van der Waals surface area contributed by atoms with Crippen LogP contribution < -0.4 is 15.1 Å². The fourth-order valence-electron chi connectivity index (χ4n) is 10.8. The van der Waals surface area contributed by atoms with Crippen molar-refractivity contribution in [2.24, 2.45) is 17.8 Å². The molecule has 2 fully saturated rings. The molecule has 5 aliphatic rings. The molecule has 0 spiro atoms. The molecule has 24 heteroatoms. The normalized spacial score (nSPS) is 28.7. The van der Waals surface area contributed by atoms with Crippen molar-refractivity contribution < 1.29 is 100 Å². The van der Waals surface area contributed by atoms with E-state index in [1.54, 1.807) is 145 Å². The number of esters is 3. The van der Waals surface area contributed by atoms with Crippen LogP contribution in [0.2, 0.25) is 0 Å². The van der Waals surface area contributed by atoms with E-state index in [9.17, 15) is 66.8 Å². The van der Waals surface area contributed by atoms with Crippen molar-refractivity contribution >= 4 is 82.4 Å². The summed E-state index contributed by atoms with van der Waals surface area (Å²) in [5.74, 6) is -12.4. The number of carbonyl (C=O) groups is 8. The van der Waals surface area contributed by atoms with Gasteiger partial charge in [0.1, 0.15) is 35.7 Å². The maximum absolute atomic E-state index is 14.8. The highest BCUT2D eigenvalue weighted by Gasteiger charge is 2.47. The third kappa shape index (κ3) is 19.0. The number of aliphatic hydroxyl groups is 2. The summed E-state index contributed by atoms with van der Waals surface area (Å²) in [6.45, 7) is 22.8. The molecule has 0 saturated carbocycles. The second kappa shape index (κ2) is 32.1. The van der Waals surface area contributed by atoms with Crippen LogP contribution in [0.25, 0.3) is 18.2 Å². The predicted octanol–water partition coefficient (Wildman–Crippen LogP) is 11.2. The monoisotopic (exact) mass is 1340 g/mol. The number of aliphatic hydroxyl groups excluding tert-OH is 2. The number of nitrogens with one attached hydrogen (secondary N) is 1. The maximum Gasteiger partial charge on any atom is 0.342 e. The van der Waals surface area contributed by atoms with Gasteiger partial charge in [-0.05, 0) is 158 Å². The molecule has 12 atom stereocenters. The molecule has 0 bridgehead atoms. The van der Waals surface area contributed by atoms with Crippen LogP contribution in [0.1, 0.15) is 161 Å². The standard InChI is InChI=1S/2C26H32FNO6.C20H24FNO6/c2*1-14-12-20(27)23(30)24-21(33-26(5,6)34-24)10-8-9-18-13-19(28(7)17(4)29)11-15(2)22(18)25(31)32-16(14)3;1-10-7-14(21)18(25)19(26)15(23)6-4-5-12-8-13(22-3)9-16(24)17(12)20(27)28-11(10)2/h2*8-9,11-14,16,21,24H,10H2,1-7H3;4-5,7-11,15,19,22-24,26H,6H2,1-3H3/b2*9-8?,20-12+;5-4?,14-7+/t14-,16+,21+,24+;14-,16+,21-,24-;10-,11+,15+,19+/m111/s1. The molecule has 5 aliphatic heterocycles. The minimum atomic E-state index is -1.93. The Hall–Kier alpha value is -8.39. The number of aromatic hydroxyl groups is 1. The van der Waals surface area contributed by atoms with Gasteiger partial charge in [-0.3, -0.25) is 24.0 Å². The highest BCUT2D eigenvalue weighted by atomic mass is 19.1. The Morgan fingerprint density at radius 1 is 0.521 bits per heavy atom. The van der Waals surface area contributed by atoms with Gasteiger partial charge in [-0.2, -0.15) is 0 Å². The van der Waals surface area contributed by atoms with Gasteiger partial charge in [0.25, 0.3) is 0 Å². The van der Waals surface area contributed by atoms with Gasteiger partial charge >= 0.3 is 17.9 Å². The van der Waals surface area contributed by atoms with Crippen LogP contribution in [0.3, 0.4) is 0 Å². The SMILES string of the molecule is CC(=O)N(C)c1cc(C)c2c(c1)C=CC[C@@H]1OC(C)(C)O[C@@H]1C(=O)/C(F)=C\[C@@H](C)[C@H](C)OC2=O.CC(=O)N(C)c1cc(C)c2c(c1)C=CC[C@H]1OC(C)(C)O[C@H]1C(=O)/C(F)=C\[C@@H](C)[C@H](C)OC2=O.CNc1cc(O)c2c(c1)C=CC[C@H](O)[C@H](O)C(=O)/C(F)=C\[C@@H](C)[C@H](C)OC2=O. The quantitative estimate of drug-likeness (QED) is 0.140. The molecule has 0 unspecified atom stereocenters. The van der Waals surface area contributed by atoms with Gasteiger partial charge in [-0.15, -0.1) is 0 Å². The number of phenolic OH excluding ortho intramolecular Hbond substituents is 1. The molecule has 2 saturated heterocycles. The zero-order chi connectivity index (χ0) is 71.7. The van der Waals surface area contributed by atoms with Crippen LogP contribution in [0.4, 0.5) is 30.2 Å². The van der Waals surface area contributed by atoms with Crippen LogP contribution in [-0.4, -0.2) is 150 Å². The van der Waals surface area contributed by atoms with Crippen LogP contribution in [0.15, 0.2) is 90.3 Å². The first-order chi connectivity index (χ1) is 44.8. The average molecular weight is 1340 g/mol. The first-order valence-electron chi connectivity index (χ1n) is 31.5. The maximum atomic E-state index is 14.8. The van der Waals surface area contributed by atoms with E-state index in [0.717, 1.165) is 18.2 Å². The van der Waals surface area contributed by atoms with E-state index in [0.29, 0.717) is 56.0 Å². The number of benzene rings is 3. The van der Waals surface area contributed by atoms with Crippen molar-refractivity contribution in [3.05, 3.63) is 135 Å². The summed E-state index contributed by atoms with van der Waals surface area (Å²) in [6.07, 6.45) is 4.11. The minimum Gasteiger partial charge on any atom is -0.507 e. The fourth-order valence-corrected chi connectivity index (χ4v) is 10.8. The topological polar surface area (TPSA) is 280 Å². The molecule has 96 heavy (non-hydrogen) atoms. The highest BCUT2D eigenvalue weighted by molar-refractivity contribution is 6.02. The zero-order valence-corrected chi connectivity index (χ0v) is 57.2. The molecule has 5 heterocycles. The Kier molecular flexibility index (Phi) is 25.6. The number of amides is 2. The zero-order valence-electron chi connectivity index (χ0n) is 57.2. The molecule has 4 N–H and O–H groups in total. The second-order valence-corrected chi connectivity index (χ2v) is 25.5. The number of hydrogen-bond donors (Lipinski definition) is 4. The summed E-state index contributed by atoms with van der Waals surface area (Å²) < 4.78 is 83.6. The Labute approximate surface area is 557 Å². The Morgan fingerprint density at radius 2 is 0.865 bits per heavy atom. The van der Waals surface area contributed by atoms with E-state index in [-0.39, 0.29) is 42.4 Å². The number of aryl methyl sites for hydroxylation is 2. The van der Waals surface area contributed by atoms with Crippen molar-refractivity contribution in [1.29, 1.82) is 0 Å². The lowest BCUT2D eigenvalue weighted by Crippen LogP contribution is -2.34. The van der Waals surface area contributed by atoms with Gasteiger partial charge in [0, 0.05) is 75.9 Å². The number of ketones is 3. The number of cyclic esters (lactones) is 3. The van der Waals surface area contributed by atoms with Crippen molar-refractivity contribution in [3.63, 3.8) is 0 Å². The molecule has 3 aromatic carbocycles. The van der Waals surface area contributed by atoms with Crippen LogP contribution in [0.5, 0.6) is 5.75 Å². The Morgan fingerprint density at radius 3 is 1.23 bits per heavy atom. The van der Waals surface area contributed by atoms with Gasteiger partial charge < -0.3 is 63.6 Å². The number of phenols is 1. The lowest BCUT2D eigenvalue weighted by atomic mass is 9.97. The molecule has 8 rings (SSSR count). The number of rotatable bonds is 3. The van der Waals surface area contributed by atoms with E-state index >= 15 is 0 Å². The molecular weight excluding hydrogens is 1250 g/mol. The van der Waals surface area contributed by atoms with Crippen molar-refractivity contribution in [2.75, 3.05) is 36.3 Å². The fraction of sp³-hybridized carbons (Fsp3) is 0.472. The van der Waals surface area contributed by atoms with Crippen molar-refractivity contribution in [2.45, 2.75) is 183 Å². The van der Waals surface area contributed by atoms with E-state index in [1.165, 1.54) is 55.7 Å². The third-order valence-electron chi connectivity index (χ3n) is 17.0. The van der Waals surface area contributed by atoms with Gasteiger partial charge in [0.05, 0.1) is 29.4 Å². The van der Waals surface area contributed by atoms with Gasteiger partial charge in [-0.25, -0.2) is 27.6 Å². The summed E-state index contributed by atoms with van der Waals surface area (Å²) in [4.78, 5) is 103. The van der Waals surface area contributed by atoms with Crippen molar-refractivity contribution in [3.8, 4) is 5.75 Å². The minimum absolute atomic E-state index is 0.0816. The number of Topliss-reactive ketones (excluding diaryl/α,β-unsaturated/α-hetero) is 3. The number of anilines is 3. The number of ether oxygens (including phenoxy) is 7. The molecule has 0 aromatic heterocycles. The summed E-state index contributed by atoms with van der Waals surface area (Å²) >= 11 is 0. The number of carbonyl (C=O) groups excluding carboxylic acids is 8. The van der Waals surface area contributed by atoms with E-state index in [4.69, 9.17) is 33.2 Å². The van der Waals surface area contributed by atoms with E-state index in [1.807, 2.05) is 0 Å². The number of nitrogens with zero attached hydrogens (tertiary/aromatic N) is 2. The molecular formula is C72H88F3N3O18. The van der Waals surface area contributed by atoms with Crippen LogP contribution >= 0.6 is 0 Å². The van der Waals surface area contributed by atoms with Crippen LogP contribution in [-0.2, 0) is 57.1 Å². The van der Waals surface area contributed by atoms with Crippen molar-refractivity contribution in [1.82, 2.24) is 0 Å². The van der Waals surface area contributed by atoms with Gasteiger partial charge in [0.2, 0.25) is 29.2 Å². The second-order valence-electron chi connectivity index (χ2n) is 25.5. The number of hydrogen-bond acceptors (Lipinski definition) is 19. The molecule has 0 radical (unpaired) electrons. The van der Waals surface area contributed by atoms with Gasteiger partial charge in [-0.1, -0.05) is 57.2 Å². The smallest absolute Gasteiger partial charge is 0.342 e. The van der Waals surface area contributed by atoms with Crippen LogP contribution in [0, 0.1) is 31.6 Å². The third-order valence-corrected chi connectivity index (χ3v) is 17.0. The molecule has 3 aromatic rings. The highest BCUT2D eigenvalue weighted by Crippen LogP contribution is 2.37. The average Bonchev–Trinajstić information content (AvgIpc) is 1.71. The summed E-state index contributed by atoms with van der Waals surface area (Å²) in [7, 11) is 4.95. The molecule has 2 amide bonds. The number of fused-ring (bicyclic) bond motifs is 5. The summed E-state index contributed by atoms with van der Waals surface area (Å²) in [6, 6.07) is 9.93. The van der Waals surface area contributed by atoms with E-state index in [2.05, 4.69) is 5.32 Å². The largest absolute Gasteiger partial charge is 0.507 e. The first-order valence-corrected chi connectivity index (χ1v) is 31.5. The molecule has 0 aliphatic carbocycles. The molecule has 21 nitrogen and oxygen atoms in total. The first kappa shape index (κ1) is 76.6. The van der Waals surface area contributed by atoms with Gasteiger partial charge in [0.15, 0.2) is 41.3 Å². The lowest BCUT2D eigenvalue weighted by molar-refractivity contribution is -0.153. The number of halogens is 3. The predicted molar refractivity (Wildman–Crippen MR) is 354 cm³/mol. The van der Waals surface area contributed by atoms with E-state index < -0.39 is 137 Å². The Bertz CT molecular complexity index is 3510. The summed E-state index contributed by atoms with van der Waals surface area (Å²) in [5.41, 5.74) is 5.15.